The molecule has 1 heterocycles. The van der Waals surface area contributed by atoms with Crippen LogP contribution in [0.5, 0.6) is 0 Å². The van der Waals surface area contributed by atoms with E-state index in [1.54, 1.807) is 10.7 Å². The molecule has 0 aliphatic carbocycles. The van der Waals surface area contributed by atoms with Crippen LogP contribution in [0.1, 0.15) is 39.5 Å². The van der Waals surface area contributed by atoms with E-state index in [4.69, 9.17) is 0 Å². The van der Waals surface area contributed by atoms with Crippen LogP contribution in [-0.4, -0.2) is 21.9 Å². The van der Waals surface area contributed by atoms with Gasteiger partial charge in [-0.3, -0.25) is 9.48 Å². The fourth-order valence-corrected chi connectivity index (χ4v) is 2.49. The van der Waals surface area contributed by atoms with Crippen molar-refractivity contribution in [3.63, 3.8) is 0 Å². The van der Waals surface area contributed by atoms with E-state index >= 15 is 0 Å². The van der Waals surface area contributed by atoms with Gasteiger partial charge in [0.2, 0.25) is 0 Å². The first-order valence-electron chi connectivity index (χ1n) is 7.69. The third-order valence-electron chi connectivity index (χ3n) is 3.53. The Labute approximate surface area is 124 Å². The predicted octanol–water partition coefficient (Wildman–Crippen LogP) is 2.96. The highest BCUT2D eigenvalue weighted by Crippen LogP contribution is 2.11. The Balaban J connectivity index is 2.33. The van der Waals surface area contributed by atoms with Crippen molar-refractivity contribution in [2.24, 2.45) is 0 Å². The number of amides is 1. The van der Waals surface area contributed by atoms with Crippen molar-refractivity contribution in [2.45, 2.75) is 46.1 Å². The summed E-state index contributed by atoms with van der Waals surface area (Å²) in [5, 5.41) is 3.43. The van der Waals surface area contributed by atoms with Crippen molar-refractivity contribution in [1.82, 2.24) is 14.7 Å². The summed E-state index contributed by atoms with van der Waals surface area (Å²) in [5.41, 5.74) is 0.570. The second kappa shape index (κ2) is 7.11. The Hall–Kier alpha value is -2.04. The number of aromatic nitrogens is 2. The van der Waals surface area contributed by atoms with Gasteiger partial charge in [-0.25, -0.2) is 4.79 Å². The zero-order chi connectivity index (χ0) is 15.2. The molecule has 0 saturated heterocycles. The van der Waals surface area contributed by atoms with Crippen LogP contribution in [0.2, 0.25) is 0 Å². The van der Waals surface area contributed by atoms with Gasteiger partial charge in [-0.2, -0.15) is 4.68 Å². The molecule has 5 nitrogen and oxygen atoms in total. The van der Waals surface area contributed by atoms with Crippen molar-refractivity contribution in [3.05, 3.63) is 34.6 Å². The van der Waals surface area contributed by atoms with Crippen molar-refractivity contribution >= 4 is 16.9 Å². The molecule has 114 valence electrons. The minimum atomic E-state index is -0.333. The Morgan fingerprint density at radius 2 is 1.90 bits per heavy atom. The summed E-state index contributed by atoms with van der Waals surface area (Å²) in [5.74, 6) is 0. The third kappa shape index (κ3) is 3.17. The molecule has 0 atom stereocenters. The summed E-state index contributed by atoms with van der Waals surface area (Å²) < 4.78 is 3.01. The van der Waals surface area contributed by atoms with Gasteiger partial charge in [-0.05, 0) is 25.0 Å². The van der Waals surface area contributed by atoms with Crippen LogP contribution < -0.4 is 10.9 Å². The number of hydrogen-bond donors (Lipinski definition) is 1. The SMILES string of the molecule is CCCCCNC(=O)n1c(=O)c2ccccc2n1CCC. The van der Waals surface area contributed by atoms with E-state index in [0.29, 0.717) is 18.5 Å². The lowest BCUT2D eigenvalue weighted by molar-refractivity contribution is 0.234. The van der Waals surface area contributed by atoms with Gasteiger partial charge in [0.15, 0.2) is 0 Å². The second-order valence-corrected chi connectivity index (χ2v) is 5.20. The highest BCUT2D eigenvalue weighted by atomic mass is 16.2. The average molecular weight is 289 g/mol. The normalized spacial score (nSPS) is 11.0. The quantitative estimate of drug-likeness (QED) is 0.831. The first-order valence-corrected chi connectivity index (χ1v) is 7.69. The van der Waals surface area contributed by atoms with Gasteiger partial charge in [-0.15, -0.1) is 0 Å². The molecule has 0 unspecified atom stereocenters. The first kappa shape index (κ1) is 15.4. The van der Waals surface area contributed by atoms with Gasteiger partial charge in [0.05, 0.1) is 10.9 Å². The fraction of sp³-hybridized carbons (Fsp3) is 0.500. The Bertz CT molecular complexity index is 670. The summed E-state index contributed by atoms with van der Waals surface area (Å²) in [6, 6.07) is 7.03. The lowest BCUT2D eigenvalue weighted by Gasteiger charge is -2.11. The highest BCUT2D eigenvalue weighted by Gasteiger charge is 2.17. The van der Waals surface area contributed by atoms with E-state index < -0.39 is 0 Å². The number of benzene rings is 1. The zero-order valence-electron chi connectivity index (χ0n) is 12.8. The van der Waals surface area contributed by atoms with Crippen LogP contribution in [0, 0.1) is 0 Å². The lowest BCUT2D eigenvalue weighted by atomic mass is 10.2. The molecule has 2 rings (SSSR count). The van der Waals surface area contributed by atoms with Crippen molar-refractivity contribution in [2.75, 3.05) is 6.54 Å². The van der Waals surface area contributed by atoms with E-state index in [1.165, 1.54) is 4.68 Å². The highest BCUT2D eigenvalue weighted by molar-refractivity contribution is 5.85. The summed E-state index contributed by atoms with van der Waals surface area (Å²) in [6.45, 7) is 5.39. The molecule has 1 amide bonds. The number of unbranched alkanes of at least 4 members (excludes halogenated alkanes) is 2. The van der Waals surface area contributed by atoms with Gasteiger partial charge < -0.3 is 5.32 Å². The number of aryl methyl sites for hydroxylation is 1. The summed E-state index contributed by atoms with van der Waals surface area (Å²) >= 11 is 0. The third-order valence-corrected chi connectivity index (χ3v) is 3.53. The average Bonchev–Trinajstić information content (AvgIpc) is 2.77. The molecule has 5 heteroatoms. The van der Waals surface area contributed by atoms with E-state index in [-0.39, 0.29) is 11.6 Å². The molecule has 1 N–H and O–H groups in total. The number of hydrogen-bond acceptors (Lipinski definition) is 2. The van der Waals surface area contributed by atoms with Gasteiger partial charge in [0.25, 0.3) is 5.56 Å². The van der Waals surface area contributed by atoms with E-state index in [1.807, 2.05) is 25.1 Å². The Kier molecular flexibility index (Phi) is 5.20. The number of fused-ring (bicyclic) bond motifs is 1. The van der Waals surface area contributed by atoms with Crippen molar-refractivity contribution in [3.8, 4) is 0 Å². The smallest absolute Gasteiger partial charge is 0.336 e. The van der Waals surface area contributed by atoms with Crippen LogP contribution in [-0.2, 0) is 6.54 Å². The molecule has 1 aromatic heterocycles. The number of carbonyl (C=O) groups excluding carboxylic acids is 1. The van der Waals surface area contributed by atoms with Crippen LogP contribution in [0.15, 0.2) is 29.1 Å². The number of rotatable bonds is 6. The molecule has 1 aromatic carbocycles. The molecule has 0 bridgehead atoms. The Morgan fingerprint density at radius 3 is 2.62 bits per heavy atom. The standard InChI is InChI=1S/C16H23N3O2/c1-3-5-8-11-17-16(21)19-15(20)13-9-6-7-10-14(13)18(19)12-4-2/h6-7,9-10H,3-5,8,11-12H2,1-2H3,(H,17,21). The minimum Gasteiger partial charge on any atom is -0.336 e. The van der Waals surface area contributed by atoms with E-state index in [9.17, 15) is 9.59 Å². The van der Waals surface area contributed by atoms with Crippen LogP contribution in [0.3, 0.4) is 0 Å². The largest absolute Gasteiger partial charge is 0.343 e. The number of para-hydroxylation sites is 1. The van der Waals surface area contributed by atoms with Gasteiger partial charge in [-0.1, -0.05) is 38.8 Å². The molecule has 0 aliphatic rings. The monoisotopic (exact) mass is 289 g/mol. The molecule has 0 fully saturated rings. The number of nitrogens with one attached hydrogen (secondary N) is 1. The molecular weight excluding hydrogens is 266 g/mol. The maximum atomic E-state index is 12.4. The van der Waals surface area contributed by atoms with E-state index in [2.05, 4.69) is 12.2 Å². The summed E-state index contributed by atoms with van der Waals surface area (Å²) in [4.78, 5) is 24.8. The second-order valence-electron chi connectivity index (χ2n) is 5.20. The molecule has 0 saturated carbocycles. The number of nitrogens with zero attached hydrogens (tertiary/aromatic N) is 2. The molecule has 21 heavy (non-hydrogen) atoms. The predicted molar refractivity (Wildman–Crippen MR) is 84.8 cm³/mol. The van der Waals surface area contributed by atoms with Crippen molar-refractivity contribution < 1.29 is 4.79 Å². The molecule has 0 radical (unpaired) electrons. The van der Waals surface area contributed by atoms with Gasteiger partial charge >= 0.3 is 6.03 Å². The topological polar surface area (TPSA) is 56.0 Å². The van der Waals surface area contributed by atoms with E-state index in [0.717, 1.165) is 31.2 Å². The van der Waals surface area contributed by atoms with Crippen LogP contribution in [0.25, 0.3) is 10.9 Å². The minimum absolute atomic E-state index is 0.243. The van der Waals surface area contributed by atoms with Crippen LogP contribution in [0.4, 0.5) is 4.79 Å². The summed E-state index contributed by atoms with van der Waals surface area (Å²) in [7, 11) is 0. The lowest BCUT2D eigenvalue weighted by Crippen LogP contribution is -2.39. The maximum absolute atomic E-state index is 12.4. The van der Waals surface area contributed by atoms with Gasteiger partial charge in [0, 0.05) is 13.1 Å². The number of carbonyl (C=O) groups is 1. The van der Waals surface area contributed by atoms with Crippen molar-refractivity contribution in [1.29, 1.82) is 0 Å². The fourth-order valence-electron chi connectivity index (χ4n) is 2.49. The van der Waals surface area contributed by atoms with Crippen LogP contribution >= 0.6 is 0 Å². The molecule has 0 aliphatic heterocycles. The first-order chi connectivity index (χ1) is 10.2. The molecule has 0 spiro atoms. The zero-order valence-corrected chi connectivity index (χ0v) is 12.8. The Morgan fingerprint density at radius 1 is 1.14 bits per heavy atom. The maximum Gasteiger partial charge on any atom is 0.343 e. The summed E-state index contributed by atoms with van der Waals surface area (Å²) in [6.07, 6.45) is 3.98. The molecular formula is C16H23N3O2. The van der Waals surface area contributed by atoms with Gasteiger partial charge in [0.1, 0.15) is 0 Å². The molecule has 2 aromatic rings.